The molecule has 0 aromatic heterocycles. The molecule has 1 heteroatoms. The van der Waals surface area contributed by atoms with Crippen LogP contribution in [0.1, 0.15) is 52.7 Å². The average Bonchev–Trinajstić information content (AvgIpc) is 3.30. The fourth-order valence-electron chi connectivity index (χ4n) is 9.91. The van der Waals surface area contributed by atoms with E-state index in [2.05, 4.69) is 247 Å². The van der Waals surface area contributed by atoms with Crippen molar-refractivity contribution < 1.29 is 0 Å². The summed E-state index contributed by atoms with van der Waals surface area (Å²) in [6.07, 6.45) is 0. The fraction of sp³-hybridized carbons (Fsp3) is 0.129. The lowest BCUT2D eigenvalue weighted by molar-refractivity contribution is 0.590. The molecule has 11 aromatic rings. The van der Waals surface area contributed by atoms with Crippen molar-refractivity contribution in [3.05, 3.63) is 211 Å². The highest BCUT2D eigenvalue weighted by Gasteiger charge is 2.22. The van der Waals surface area contributed by atoms with Crippen LogP contribution in [-0.4, -0.2) is 0 Å². The fourth-order valence-corrected chi connectivity index (χ4v) is 9.91. The predicted molar refractivity (Wildman–Crippen MR) is 274 cm³/mol. The van der Waals surface area contributed by atoms with Crippen molar-refractivity contribution in [3.8, 4) is 22.3 Å². The maximum Gasteiger partial charge on any atom is 0.0468 e. The highest BCUT2D eigenvalue weighted by Crippen LogP contribution is 2.48. The van der Waals surface area contributed by atoms with Gasteiger partial charge in [0.05, 0.1) is 0 Å². The zero-order valence-electron chi connectivity index (χ0n) is 37.0. The second-order valence-corrected chi connectivity index (χ2v) is 19.4. The number of nitrogens with zero attached hydrogens (tertiary/aromatic N) is 1. The molecule has 0 saturated carbocycles. The van der Waals surface area contributed by atoms with Crippen molar-refractivity contribution in [2.75, 3.05) is 4.90 Å². The van der Waals surface area contributed by atoms with Gasteiger partial charge >= 0.3 is 0 Å². The highest BCUT2D eigenvalue weighted by atomic mass is 15.1. The van der Waals surface area contributed by atoms with Gasteiger partial charge in [-0.15, -0.1) is 0 Å². The number of benzene rings is 11. The topological polar surface area (TPSA) is 3.24 Å². The molecule has 0 saturated heterocycles. The van der Waals surface area contributed by atoms with Crippen LogP contribution in [0.3, 0.4) is 0 Å². The Morgan fingerprint density at radius 1 is 0.270 bits per heavy atom. The second kappa shape index (κ2) is 14.7. The molecule has 304 valence electrons. The van der Waals surface area contributed by atoms with Gasteiger partial charge < -0.3 is 4.90 Å². The van der Waals surface area contributed by atoms with Crippen LogP contribution in [-0.2, 0) is 10.8 Å². The molecule has 63 heavy (non-hydrogen) atoms. The predicted octanol–water partition coefficient (Wildman–Crippen LogP) is 18.0. The van der Waals surface area contributed by atoms with Crippen molar-refractivity contribution in [2.45, 2.75) is 52.4 Å². The summed E-state index contributed by atoms with van der Waals surface area (Å²) in [4.78, 5) is 2.44. The van der Waals surface area contributed by atoms with Crippen molar-refractivity contribution in [2.24, 2.45) is 0 Å². The minimum absolute atomic E-state index is 0.0489. The molecule has 0 amide bonds. The second-order valence-electron chi connectivity index (χ2n) is 19.4. The summed E-state index contributed by atoms with van der Waals surface area (Å²) in [5.74, 6) is 0. The summed E-state index contributed by atoms with van der Waals surface area (Å²) < 4.78 is 0. The number of rotatable bonds is 5. The van der Waals surface area contributed by atoms with Gasteiger partial charge in [0.1, 0.15) is 0 Å². The Morgan fingerprint density at radius 2 is 0.619 bits per heavy atom. The van der Waals surface area contributed by atoms with Crippen molar-refractivity contribution in [1.29, 1.82) is 0 Å². The van der Waals surface area contributed by atoms with E-state index in [1.54, 1.807) is 0 Å². The van der Waals surface area contributed by atoms with Crippen LogP contribution >= 0.6 is 0 Å². The van der Waals surface area contributed by atoms with E-state index in [0.717, 1.165) is 17.1 Å². The molecule has 0 N–H and O–H groups in total. The van der Waals surface area contributed by atoms with Crippen molar-refractivity contribution >= 4 is 81.7 Å². The van der Waals surface area contributed by atoms with Crippen LogP contribution in [0.15, 0.2) is 200 Å². The molecule has 0 atom stereocenters. The first-order valence-electron chi connectivity index (χ1n) is 22.3. The Balaban J connectivity index is 1.23. The van der Waals surface area contributed by atoms with Gasteiger partial charge in [0.2, 0.25) is 0 Å². The van der Waals surface area contributed by atoms with Gasteiger partial charge in [-0.1, -0.05) is 193 Å². The first kappa shape index (κ1) is 38.7. The molecule has 0 fully saturated rings. The number of hydrogen-bond acceptors (Lipinski definition) is 1. The van der Waals surface area contributed by atoms with Gasteiger partial charge in [0.15, 0.2) is 0 Å². The maximum atomic E-state index is 2.46. The standard InChI is InChI=1S/C62H51N/c1-61(2,3)46-27-31-48(32-28-46)63(49-33-29-47(30-34-49)62(4,5)6)50-35-36-55-58(39-50)60(45-26-24-43-22-20-41-14-8-10-16-52(41)57(43)38-45)54-18-12-11-17-53(54)59(55)44-25-23-42-21-19-40-13-7-9-15-51(40)56(42)37-44/h7-39H,1-6H3. The zero-order valence-corrected chi connectivity index (χ0v) is 37.0. The van der Waals surface area contributed by atoms with Crippen LogP contribution in [0, 0.1) is 0 Å². The van der Waals surface area contributed by atoms with Gasteiger partial charge in [-0.2, -0.15) is 0 Å². The Hall–Kier alpha value is -7.22. The first-order valence-corrected chi connectivity index (χ1v) is 22.3. The quantitative estimate of drug-likeness (QED) is 0.124. The minimum Gasteiger partial charge on any atom is -0.310 e. The largest absolute Gasteiger partial charge is 0.310 e. The third-order valence-corrected chi connectivity index (χ3v) is 13.3. The van der Waals surface area contributed by atoms with Crippen molar-refractivity contribution in [1.82, 2.24) is 0 Å². The van der Waals surface area contributed by atoms with Crippen LogP contribution in [0.5, 0.6) is 0 Å². The smallest absolute Gasteiger partial charge is 0.0468 e. The average molecular weight is 810 g/mol. The number of hydrogen-bond donors (Lipinski definition) is 0. The molecule has 11 aromatic carbocycles. The van der Waals surface area contributed by atoms with E-state index in [0.29, 0.717) is 0 Å². The first-order chi connectivity index (χ1) is 30.5. The molecule has 0 aliphatic carbocycles. The summed E-state index contributed by atoms with van der Waals surface area (Å²) in [6.45, 7) is 13.7. The van der Waals surface area contributed by atoms with Gasteiger partial charge in [-0.05, 0) is 157 Å². The van der Waals surface area contributed by atoms with Gasteiger partial charge in [0.25, 0.3) is 0 Å². The van der Waals surface area contributed by atoms with E-state index in [4.69, 9.17) is 0 Å². The summed E-state index contributed by atoms with van der Waals surface area (Å²) in [7, 11) is 0. The van der Waals surface area contributed by atoms with Gasteiger partial charge in [0, 0.05) is 17.1 Å². The van der Waals surface area contributed by atoms with Gasteiger partial charge in [-0.25, -0.2) is 0 Å². The van der Waals surface area contributed by atoms with E-state index in [9.17, 15) is 0 Å². The monoisotopic (exact) mass is 809 g/mol. The molecular weight excluding hydrogens is 759 g/mol. The van der Waals surface area contributed by atoms with Crippen LogP contribution in [0.2, 0.25) is 0 Å². The Bertz CT molecular complexity index is 3500. The molecule has 0 spiro atoms. The summed E-state index contributed by atoms with van der Waals surface area (Å²) in [5, 5.41) is 15.0. The number of fused-ring (bicyclic) bond motifs is 8. The molecule has 1 nitrogen and oxygen atoms in total. The van der Waals surface area contributed by atoms with Gasteiger partial charge in [-0.3, -0.25) is 0 Å². The van der Waals surface area contributed by atoms with E-state index in [1.807, 2.05) is 0 Å². The molecule has 0 heterocycles. The Morgan fingerprint density at radius 3 is 1.06 bits per heavy atom. The lowest BCUT2D eigenvalue weighted by atomic mass is 9.84. The molecule has 0 aliphatic heterocycles. The number of anilines is 3. The van der Waals surface area contributed by atoms with Crippen molar-refractivity contribution in [3.63, 3.8) is 0 Å². The third kappa shape index (κ3) is 6.71. The Kier molecular flexibility index (Phi) is 9.03. The molecule has 0 unspecified atom stereocenters. The lowest BCUT2D eigenvalue weighted by Gasteiger charge is -2.29. The van der Waals surface area contributed by atoms with E-state index in [-0.39, 0.29) is 10.8 Å². The van der Waals surface area contributed by atoms with E-state index in [1.165, 1.54) is 98.0 Å². The molecular formula is C62H51N. The summed E-state index contributed by atoms with van der Waals surface area (Å²) in [6, 6.07) is 75.3. The minimum atomic E-state index is 0.0489. The maximum absolute atomic E-state index is 2.46. The molecule has 0 aliphatic rings. The SMILES string of the molecule is CC(C)(C)c1ccc(N(c2ccc(C(C)(C)C)cc2)c2ccc3c(-c4ccc5ccc6ccccc6c5c4)c4ccccc4c(-c4ccc5ccc6ccccc6c5c4)c3c2)cc1. The van der Waals surface area contributed by atoms with Crippen LogP contribution in [0.4, 0.5) is 17.1 Å². The lowest BCUT2D eigenvalue weighted by Crippen LogP contribution is -2.14. The Labute approximate surface area is 370 Å². The molecule has 11 rings (SSSR count). The third-order valence-electron chi connectivity index (χ3n) is 13.3. The summed E-state index contributed by atoms with van der Waals surface area (Å²) in [5.41, 5.74) is 11.1. The van der Waals surface area contributed by atoms with Crippen LogP contribution < -0.4 is 4.90 Å². The highest BCUT2D eigenvalue weighted by molar-refractivity contribution is 6.23. The zero-order chi connectivity index (χ0) is 43.0. The van der Waals surface area contributed by atoms with E-state index < -0.39 is 0 Å². The molecule has 0 bridgehead atoms. The van der Waals surface area contributed by atoms with E-state index >= 15 is 0 Å². The molecule has 0 radical (unpaired) electrons. The van der Waals surface area contributed by atoms with Crippen LogP contribution in [0.25, 0.3) is 86.9 Å². The normalized spacial score (nSPS) is 12.3. The summed E-state index contributed by atoms with van der Waals surface area (Å²) >= 11 is 0.